The lowest BCUT2D eigenvalue weighted by Gasteiger charge is -2.07. The Morgan fingerprint density at radius 1 is 0.812 bits per heavy atom. The van der Waals surface area contributed by atoms with Crippen LogP contribution in [-0.2, 0) is 12.8 Å². The van der Waals surface area contributed by atoms with Crippen LogP contribution in [0.1, 0.15) is 25.0 Å². The van der Waals surface area contributed by atoms with Gasteiger partial charge in [0.1, 0.15) is 0 Å². The van der Waals surface area contributed by atoms with E-state index in [1.165, 1.54) is 22.3 Å². The first kappa shape index (κ1) is 10.9. The number of hydrogen-bond donors (Lipinski definition) is 0. The van der Waals surface area contributed by atoms with Gasteiger partial charge in [-0.15, -0.1) is 0 Å². The molecule has 0 heterocycles. The standard InChI is InChI=1S/C16H17/c1-3-13-10-14(4-2)12-16(11-13)15-8-6-5-7-9-15/h5-9,11-12H,3-4H2,1-2H3. The van der Waals surface area contributed by atoms with Gasteiger partial charge in [-0.05, 0) is 41.2 Å². The van der Waals surface area contributed by atoms with Gasteiger partial charge < -0.3 is 0 Å². The highest BCUT2D eigenvalue weighted by molar-refractivity contribution is 5.64. The van der Waals surface area contributed by atoms with Crippen molar-refractivity contribution in [1.82, 2.24) is 0 Å². The van der Waals surface area contributed by atoms with Crippen LogP contribution in [-0.4, -0.2) is 0 Å². The highest BCUT2D eigenvalue weighted by Crippen LogP contribution is 2.22. The van der Waals surface area contributed by atoms with Crippen LogP contribution in [0.25, 0.3) is 11.1 Å². The highest BCUT2D eigenvalue weighted by atomic mass is 14.1. The van der Waals surface area contributed by atoms with Crippen molar-refractivity contribution in [1.29, 1.82) is 0 Å². The number of hydrogen-bond acceptors (Lipinski definition) is 0. The molecule has 0 atom stereocenters. The molecule has 0 heteroatoms. The fourth-order valence-electron chi connectivity index (χ4n) is 1.87. The zero-order chi connectivity index (χ0) is 11.4. The molecule has 2 aromatic carbocycles. The summed E-state index contributed by atoms with van der Waals surface area (Å²) in [4.78, 5) is 0. The van der Waals surface area contributed by atoms with E-state index >= 15 is 0 Å². The molecule has 2 aromatic rings. The fourth-order valence-corrected chi connectivity index (χ4v) is 1.87. The van der Waals surface area contributed by atoms with Crippen LogP contribution >= 0.6 is 0 Å². The maximum absolute atomic E-state index is 3.45. The minimum absolute atomic E-state index is 1.05. The molecule has 16 heavy (non-hydrogen) atoms. The summed E-state index contributed by atoms with van der Waals surface area (Å²) >= 11 is 0. The van der Waals surface area contributed by atoms with Gasteiger partial charge in [-0.1, -0.05) is 56.3 Å². The third-order valence-electron chi connectivity index (χ3n) is 2.85. The molecular weight excluding hydrogens is 192 g/mol. The molecule has 0 bridgehead atoms. The summed E-state index contributed by atoms with van der Waals surface area (Å²) in [6, 6.07) is 18.5. The minimum atomic E-state index is 1.05. The summed E-state index contributed by atoms with van der Waals surface area (Å²) in [6.07, 6.45) is 2.10. The van der Waals surface area contributed by atoms with Gasteiger partial charge in [0.25, 0.3) is 0 Å². The van der Waals surface area contributed by atoms with Crippen molar-refractivity contribution in [2.75, 3.05) is 0 Å². The fraction of sp³-hybridized carbons (Fsp3) is 0.250. The van der Waals surface area contributed by atoms with Crippen molar-refractivity contribution in [2.24, 2.45) is 0 Å². The van der Waals surface area contributed by atoms with Gasteiger partial charge in [0.2, 0.25) is 0 Å². The summed E-state index contributed by atoms with van der Waals surface area (Å²) < 4.78 is 0. The van der Waals surface area contributed by atoms with E-state index in [0.717, 1.165) is 12.8 Å². The summed E-state index contributed by atoms with van der Waals surface area (Å²) in [6.45, 7) is 4.36. The molecule has 2 rings (SSSR count). The van der Waals surface area contributed by atoms with Gasteiger partial charge >= 0.3 is 0 Å². The number of benzene rings is 2. The first-order chi connectivity index (χ1) is 7.83. The van der Waals surface area contributed by atoms with Crippen molar-refractivity contribution in [2.45, 2.75) is 26.7 Å². The molecule has 0 amide bonds. The average molecular weight is 209 g/mol. The lowest BCUT2D eigenvalue weighted by atomic mass is 9.98. The topological polar surface area (TPSA) is 0 Å². The second-order valence-corrected chi connectivity index (χ2v) is 3.99. The number of rotatable bonds is 3. The Bertz CT molecular complexity index is 432. The van der Waals surface area contributed by atoms with Crippen LogP contribution in [0.5, 0.6) is 0 Å². The molecule has 81 valence electrons. The monoisotopic (exact) mass is 209 g/mol. The van der Waals surface area contributed by atoms with Crippen LogP contribution < -0.4 is 0 Å². The van der Waals surface area contributed by atoms with Gasteiger partial charge in [0, 0.05) is 0 Å². The van der Waals surface area contributed by atoms with E-state index in [4.69, 9.17) is 0 Å². The Balaban J connectivity index is 2.48. The third-order valence-corrected chi connectivity index (χ3v) is 2.85. The zero-order valence-electron chi connectivity index (χ0n) is 9.96. The summed E-state index contributed by atoms with van der Waals surface area (Å²) in [5.74, 6) is 0. The SMILES string of the molecule is CCc1[c]c(CC)cc(-c2ccccc2)c1. The lowest BCUT2D eigenvalue weighted by molar-refractivity contribution is 1.08. The van der Waals surface area contributed by atoms with Gasteiger partial charge in [-0.2, -0.15) is 0 Å². The predicted molar refractivity (Wildman–Crippen MR) is 69.5 cm³/mol. The molecular formula is C16H17. The Morgan fingerprint density at radius 2 is 1.38 bits per heavy atom. The van der Waals surface area contributed by atoms with Gasteiger partial charge in [-0.25, -0.2) is 0 Å². The first-order valence-electron chi connectivity index (χ1n) is 5.94. The van der Waals surface area contributed by atoms with E-state index in [9.17, 15) is 0 Å². The average Bonchev–Trinajstić information content (AvgIpc) is 2.39. The quantitative estimate of drug-likeness (QED) is 0.707. The van der Waals surface area contributed by atoms with Crippen LogP contribution in [0.4, 0.5) is 0 Å². The van der Waals surface area contributed by atoms with Gasteiger partial charge in [0.05, 0.1) is 0 Å². The molecule has 0 aliphatic heterocycles. The van der Waals surface area contributed by atoms with Crippen molar-refractivity contribution < 1.29 is 0 Å². The van der Waals surface area contributed by atoms with Crippen molar-refractivity contribution in [3.8, 4) is 11.1 Å². The normalized spacial score (nSPS) is 10.4. The molecule has 0 N–H and O–H groups in total. The third kappa shape index (κ3) is 2.33. The second-order valence-electron chi connectivity index (χ2n) is 3.99. The molecule has 0 nitrogen and oxygen atoms in total. The number of aryl methyl sites for hydroxylation is 2. The Labute approximate surface area is 97.9 Å². The van der Waals surface area contributed by atoms with Crippen LogP contribution in [0.2, 0.25) is 0 Å². The van der Waals surface area contributed by atoms with Crippen molar-refractivity contribution in [3.05, 3.63) is 59.7 Å². The molecule has 0 aromatic heterocycles. The van der Waals surface area contributed by atoms with E-state index in [-0.39, 0.29) is 0 Å². The molecule has 0 saturated heterocycles. The van der Waals surface area contributed by atoms with E-state index in [1.54, 1.807) is 0 Å². The van der Waals surface area contributed by atoms with E-state index in [1.807, 2.05) is 0 Å². The molecule has 0 spiro atoms. The van der Waals surface area contributed by atoms with Crippen molar-refractivity contribution in [3.63, 3.8) is 0 Å². The molecule has 0 aliphatic rings. The molecule has 1 radical (unpaired) electrons. The second kappa shape index (κ2) is 4.98. The predicted octanol–water partition coefficient (Wildman–Crippen LogP) is 4.28. The molecule has 0 fully saturated rings. The van der Waals surface area contributed by atoms with Gasteiger partial charge in [-0.3, -0.25) is 0 Å². The van der Waals surface area contributed by atoms with Crippen LogP contribution in [0, 0.1) is 6.07 Å². The largest absolute Gasteiger partial charge is 0.0622 e. The van der Waals surface area contributed by atoms with E-state index in [0.29, 0.717) is 0 Å². The molecule has 0 unspecified atom stereocenters. The summed E-state index contributed by atoms with van der Waals surface area (Å²) in [5, 5.41) is 0. The molecule has 0 aliphatic carbocycles. The van der Waals surface area contributed by atoms with E-state index in [2.05, 4.69) is 62.4 Å². The highest BCUT2D eigenvalue weighted by Gasteiger charge is 2.01. The smallest absolute Gasteiger partial charge is 0.0114 e. The maximum Gasteiger partial charge on any atom is -0.0114 e. The van der Waals surface area contributed by atoms with Crippen molar-refractivity contribution >= 4 is 0 Å². The zero-order valence-corrected chi connectivity index (χ0v) is 9.96. The lowest BCUT2D eigenvalue weighted by Crippen LogP contribution is -1.89. The van der Waals surface area contributed by atoms with Crippen LogP contribution in [0.15, 0.2) is 42.5 Å². The van der Waals surface area contributed by atoms with Gasteiger partial charge in [0.15, 0.2) is 0 Å². The Hall–Kier alpha value is -1.56. The molecule has 0 saturated carbocycles. The Kier molecular flexibility index (Phi) is 3.40. The van der Waals surface area contributed by atoms with E-state index < -0.39 is 0 Å². The summed E-state index contributed by atoms with van der Waals surface area (Å²) in [5.41, 5.74) is 5.21. The minimum Gasteiger partial charge on any atom is -0.0622 e. The van der Waals surface area contributed by atoms with Crippen LogP contribution in [0.3, 0.4) is 0 Å². The summed E-state index contributed by atoms with van der Waals surface area (Å²) in [7, 11) is 0. The first-order valence-corrected chi connectivity index (χ1v) is 5.94. The Morgan fingerprint density at radius 3 is 1.88 bits per heavy atom. The maximum atomic E-state index is 3.45.